The van der Waals surface area contributed by atoms with E-state index in [-0.39, 0.29) is 5.82 Å². The maximum absolute atomic E-state index is 14.2. The Morgan fingerprint density at radius 2 is 1.95 bits per heavy atom. The van der Waals surface area contributed by atoms with Gasteiger partial charge in [0.25, 0.3) is 0 Å². The van der Waals surface area contributed by atoms with Crippen LogP contribution in [-0.2, 0) is 5.54 Å². The fourth-order valence-corrected chi connectivity index (χ4v) is 3.12. The van der Waals surface area contributed by atoms with Gasteiger partial charge >= 0.3 is 0 Å². The molecule has 0 saturated heterocycles. The molecular formula is C16H24FNO. The fraction of sp³-hybridized carbons (Fsp3) is 0.625. The van der Waals surface area contributed by atoms with Crippen LogP contribution < -0.4 is 10.5 Å². The van der Waals surface area contributed by atoms with Crippen LogP contribution in [0.15, 0.2) is 18.2 Å². The highest BCUT2D eigenvalue weighted by Gasteiger charge is 2.35. The van der Waals surface area contributed by atoms with E-state index in [4.69, 9.17) is 10.5 Å². The maximum atomic E-state index is 14.2. The molecule has 1 saturated carbocycles. The van der Waals surface area contributed by atoms with E-state index in [0.29, 0.717) is 17.2 Å². The molecule has 0 unspecified atom stereocenters. The molecule has 1 fully saturated rings. The molecule has 1 aromatic rings. The molecule has 0 aromatic heterocycles. The predicted molar refractivity (Wildman–Crippen MR) is 75.6 cm³/mol. The van der Waals surface area contributed by atoms with E-state index in [2.05, 4.69) is 13.8 Å². The number of hydrogen-bond acceptors (Lipinski definition) is 2. The highest BCUT2D eigenvalue weighted by atomic mass is 19.1. The second-order valence-corrected chi connectivity index (χ2v) is 6.08. The number of nitrogens with two attached hydrogens (primary N) is 1. The second-order valence-electron chi connectivity index (χ2n) is 6.08. The van der Waals surface area contributed by atoms with Gasteiger partial charge in [-0.2, -0.15) is 0 Å². The number of methoxy groups -OCH3 is 1. The molecule has 1 aliphatic carbocycles. The maximum Gasteiger partial charge on any atom is 0.131 e. The van der Waals surface area contributed by atoms with Crippen molar-refractivity contribution in [1.29, 1.82) is 0 Å². The van der Waals surface area contributed by atoms with Crippen LogP contribution >= 0.6 is 0 Å². The molecule has 1 aromatic carbocycles. The highest BCUT2D eigenvalue weighted by molar-refractivity contribution is 5.33. The van der Waals surface area contributed by atoms with Gasteiger partial charge in [0.15, 0.2) is 0 Å². The molecule has 0 radical (unpaired) electrons. The molecule has 0 heterocycles. The lowest BCUT2D eigenvalue weighted by Crippen LogP contribution is -2.41. The molecule has 106 valence electrons. The lowest BCUT2D eigenvalue weighted by Gasteiger charge is -2.39. The van der Waals surface area contributed by atoms with Gasteiger partial charge in [0.1, 0.15) is 11.6 Å². The summed E-state index contributed by atoms with van der Waals surface area (Å²) in [7, 11) is 1.54. The van der Waals surface area contributed by atoms with Gasteiger partial charge in [-0.3, -0.25) is 0 Å². The summed E-state index contributed by atoms with van der Waals surface area (Å²) in [6, 6.07) is 5.00. The third kappa shape index (κ3) is 2.92. The number of rotatable bonds is 3. The number of benzene rings is 1. The topological polar surface area (TPSA) is 35.2 Å². The zero-order chi connectivity index (χ0) is 14.0. The van der Waals surface area contributed by atoms with Gasteiger partial charge < -0.3 is 10.5 Å². The molecule has 2 nitrogen and oxygen atoms in total. The Bertz CT molecular complexity index is 436. The Labute approximate surface area is 115 Å². The standard InChI is InChI=1S/C16H24FNO/c1-11(2)12-6-8-16(18,9-7-12)14-5-4-13(19-3)10-15(14)17/h4-5,10-12H,6-9,18H2,1-3H3. The molecule has 0 amide bonds. The summed E-state index contributed by atoms with van der Waals surface area (Å²) >= 11 is 0. The minimum atomic E-state index is -0.512. The van der Waals surface area contributed by atoms with Crippen LogP contribution in [0.1, 0.15) is 45.1 Å². The van der Waals surface area contributed by atoms with Crippen LogP contribution in [0.2, 0.25) is 0 Å². The molecular weight excluding hydrogens is 241 g/mol. The summed E-state index contributed by atoms with van der Waals surface area (Å²) < 4.78 is 19.2. The SMILES string of the molecule is COc1ccc(C2(N)CCC(C(C)C)CC2)c(F)c1. The molecule has 3 heteroatoms. The highest BCUT2D eigenvalue weighted by Crippen LogP contribution is 2.41. The molecule has 2 rings (SSSR count). The Morgan fingerprint density at radius 1 is 1.32 bits per heavy atom. The quantitative estimate of drug-likeness (QED) is 0.901. The number of ether oxygens (including phenoxy) is 1. The lowest BCUT2D eigenvalue weighted by molar-refractivity contribution is 0.192. The molecule has 1 aliphatic rings. The molecule has 0 bridgehead atoms. The van der Waals surface area contributed by atoms with Gasteiger partial charge in [-0.1, -0.05) is 19.9 Å². The Balaban J connectivity index is 2.18. The zero-order valence-electron chi connectivity index (χ0n) is 12.1. The van der Waals surface area contributed by atoms with Gasteiger partial charge in [0, 0.05) is 17.2 Å². The van der Waals surface area contributed by atoms with Crippen LogP contribution in [0, 0.1) is 17.7 Å². The monoisotopic (exact) mass is 265 g/mol. The summed E-state index contributed by atoms with van der Waals surface area (Å²) in [5.41, 5.74) is 6.58. The first-order valence-corrected chi connectivity index (χ1v) is 7.09. The third-order valence-electron chi connectivity index (χ3n) is 4.58. The van der Waals surface area contributed by atoms with E-state index >= 15 is 0 Å². The Morgan fingerprint density at radius 3 is 2.42 bits per heavy atom. The van der Waals surface area contributed by atoms with Crippen LogP contribution in [0.4, 0.5) is 4.39 Å². The van der Waals surface area contributed by atoms with Crippen molar-refractivity contribution in [2.24, 2.45) is 17.6 Å². The van der Waals surface area contributed by atoms with Crippen molar-refractivity contribution in [3.8, 4) is 5.75 Å². The minimum absolute atomic E-state index is 0.246. The summed E-state index contributed by atoms with van der Waals surface area (Å²) in [6.45, 7) is 4.50. The van der Waals surface area contributed by atoms with Gasteiger partial charge in [-0.25, -0.2) is 4.39 Å². The van der Waals surface area contributed by atoms with Crippen molar-refractivity contribution >= 4 is 0 Å². The Hall–Kier alpha value is -1.09. The van der Waals surface area contributed by atoms with Crippen LogP contribution in [-0.4, -0.2) is 7.11 Å². The fourth-order valence-electron chi connectivity index (χ4n) is 3.12. The average Bonchev–Trinajstić information content (AvgIpc) is 2.38. The summed E-state index contributed by atoms with van der Waals surface area (Å²) in [5.74, 6) is 1.70. The molecule has 0 spiro atoms. The Kier molecular flexibility index (Phi) is 4.14. The first-order valence-electron chi connectivity index (χ1n) is 7.09. The van der Waals surface area contributed by atoms with E-state index in [0.717, 1.165) is 31.6 Å². The normalized spacial score (nSPS) is 27.6. The van der Waals surface area contributed by atoms with E-state index in [1.165, 1.54) is 6.07 Å². The van der Waals surface area contributed by atoms with Crippen molar-refractivity contribution < 1.29 is 9.13 Å². The van der Waals surface area contributed by atoms with Crippen LogP contribution in [0.3, 0.4) is 0 Å². The lowest BCUT2D eigenvalue weighted by atomic mass is 9.70. The largest absolute Gasteiger partial charge is 0.497 e. The van der Waals surface area contributed by atoms with Gasteiger partial charge in [0.05, 0.1) is 7.11 Å². The third-order valence-corrected chi connectivity index (χ3v) is 4.58. The van der Waals surface area contributed by atoms with E-state index in [1.807, 2.05) is 0 Å². The summed E-state index contributed by atoms with van der Waals surface area (Å²) in [5, 5.41) is 0. The molecule has 0 aliphatic heterocycles. The average molecular weight is 265 g/mol. The first kappa shape index (κ1) is 14.3. The molecule has 0 atom stereocenters. The number of halogens is 1. The van der Waals surface area contributed by atoms with Crippen molar-refractivity contribution in [2.75, 3.05) is 7.11 Å². The molecule has 2 N–H and O–H groups in total. The van der Waals surface area contributed by atoms with E-state index < -0.39 is 5.54 Å². The zero-order valence-corrected chi connectivity index (χ0v) is 12.1. The first-order chi connectivity index (χ1) is 8.96. The van der Waals surface area contributed by atoms with Gasteiger partial charge in [0.2, 0.25) is 0 Å². The van der Waals surface area contributed by atoms with Gasteiger partial charge in [-0.15, -0.1) is 0 Å². The van der Waals surface area contributed by atoms with E-state index in [1.54, 1.807) is 19.2 Å². The van der Waals surface area contributed by atoms with Crippen molar-refractivity contribution in [1.82, 2.24) is 0 Å². The van der Waals surface area contributed by atoms with Crippen molar-refractivity contribution in [2.45, 2.75) is 45.1 Å². The molecule has 19 heavy (non-hydrogen) atoms. The van der Waals surface area contributed by atoms with Crippen molar-refractivity contribution in [3.63, 3.8) is 0 Å². The number of hydrogen-bond donors (Lipinski definition) is 1. The smallest absolute Gasteiger partial charge is 0.131 e. The summed E-state index contributed by atoms with van der Waals surface area (Å²) in [6.07, 6.45) is 3.89. The second kappa shape index (κ2) is 5.49. The van der Waals surface area contributed by atoms with Gasteiger partial charge in [-0.05, 0) is 43.6 Å². The van der Waals surface area contributed by atoms with Crippen LogP contribution in [0.25, 0.3) is 0 Å². The minimum Gasteiger partial charge on any atom is -0.497 e. The van der Waals surface area contributed by atoms with Crippen LogP contribution in [0.5, 0.6) is 5.75 Å². The summed E-state index contributed by atoms with van der Waals surface area (Å²) in [4.78, 5) is 0. The van der Waals surface area contributed by atoms with E-state index in [9.17, 15) is 4.39 Å². The predicted octanol–water partition coefficient (Wildman–Crippen LogP) is 3.83. The van der Waals surface area contributed by atoms with Crippen molar-refractivity contribution in [3.05, 3.63) is 29.6 Å².